The minimum absolute atomic E-state index is 0.0924. The Morgan fingerprint density at radius 1 is 1.46 bits per heavy atom. The first-order valence-corrected chi connectivity index (χ1v) is 9.80. The van der Waals surface area contributed by atoms with E-state index in [1.807, 2.05) is 10.9 Å². The Labute approximate surface area is 144 Å². The molecule has 0 aromatic carbocycles. The van der Waals surface area contributed by atoms with Crippen molar-refractivity contribution in [3.8, 4) is 12.3 Å². The fraction of sp³-hybridized carbons (Fsp3) is 0.455. The molecular formula is C11H13FN2O10P2. The molecule has 3 atom stereocenters. The topological polar surface area (TPSA) is 177 Å². The van der Waals surface area contributed by atoms with Crippen LogP contribution < -0.4 is 11.2 Å². The predicted octanol–water partition coefficient (Wildman–Crippen LogP) is -0.281. The SMILES string of the molecule is C#Cc1cn([C@H]2CC[C@@](F)(COP(=O)(O)OP(=O)(O)O)O2)c(=O)[nH]c1=O. The number of halogens is 1. The van der Waals surface area contributed by atoms with Crippen molar-refractivity contribution in [1.29, 1.82) is 0 Å². The maximum Gasteiger partial charge on any atom is 0.481 e. The van der Waals surface area contributed by atoms with E-state index in [9.17, 15) is 23.1 Å². The van der Waals surface area contributed by atoms with E-state index in [4.69, 9.17) is 25.8 Å². The average molecular weight is 414 g/mol. The van der Waals surface area contributed by atoms with E-state index in [1.165, 1.54) is 0 Å². The van der Waals surface area contributed by atoms with Crippen LogP contribution in [0.4, 0.5) is 4.39 Å². The van der Waals surface area contributed by atoms with Crippen molar-refractivity contribution >= 4 is 15.6 Å². The number of nitrogens with zero attached hydrogens (tertiary/aromatic N) is 1. The number of aromatic nitrogens is 2. The molecule has 1 aliphatic rings. The van der Waals surface area contributed by atoms with Gasteiger partial charge in [-0.3, -0.25) is 18.9 Å². The molecule has 0 saturated carbocycles. The molecule has 4 N–H and O–H groups in total. The predicted molar refractivity (Wildman–Crippen MR) is 81.4 cm³/mol. The minimum atomic E-state index is -5.35. The first kappa shape index (κ1) is 20.7. The molecule has 144 valence electrons. The van der Waals surface area contributed by atoms with Gasteiger partial charge >= 0.3 is 21.3 Å². The molecule has 0 aliphatic carbocycles. The molecule has 12 nitrogen and oxygen atoms in total. The number of hydrogen-bond donors (Lipinski definition) is 4. The van der Waals surface area contributed by atoms with Crippen molar-refractivity contribution < 1.29 is 41.8 Å². The van der Waals surface area contributed by atoms with Gasteiger partial charge in [-0.05, 0) is 6.42 Å². The van der Waals surface area contributed by atoms with Crippen LogP contribution in [0.1, 0.15) is 24.6 Å². The highest BCUT2D eigenvalue weighted by Gasteiger charge is 2.45. The second kappa shape index (κ2) is 7.19. The van der Waals surface area contributed by atoms with Gasteiger partial charge in [-0.2, -0.15) is 4.31 Å². The van der Waals surface area contributed by atoms with Crippen LogP contribution in [-0.4, -0.2) is 36.7 Å². The van der Waals surface area contributed by atoms with E-state index in [2.05, 4.69) is 8.83 Å². The minimum Gasteiger partial charge on any atom is -0.320 e. The molecule has 0 bridgehead atoms. The maximum absolute atomic E-state index is 14.5. The number of nitrogens with one attached hydrogen (secondary N) is 1. The third-order valence-electron chi connectivity index (χ3n) is 3.20. The molecule has 0 spiro atoms. The second-order valence-electron chi connectivity index (χ2n) is 5.16. The van der Waals surface area contributed by atoms with Gasteiger partial charge < -0.3 is 19.4 Å². The molecule has 26 heavy (non-hydrogen) atoms. The van der Waals surface area contributed by atoms with Gasteiger partial charge in [-0.1, -0.05) is 5.92 Å². The summed E-state index contributed by atoms with van der Waals surface area (Å²) >= 11 is 0. The number of phosphoric ester groups is 1. The average Bonchev–Trinajstić information content (AvgIpc) is 2.86. The van der Waals surface area contributed by atoms with Crippen molar-refractivity contribution in [3.05, 3.63) is 32.6 Å². The summed E-state index contributed by atoms with van der Waals surface area (Å²) in [4.78, 5) is 51.2. The number of hydrogen-bond acceptors (Lipinski definition) is 7. The maximum atomic E-state index is 14.5. The molecule has 1 unspecified atom stereocenters. The van der Waals surface area contributed by atoms with Crippen molar-refractivity contribution in [1.82, 2.24) is 9.55 Å². The summed E-state index contributed by atoms with van der Waals surface area (Å²) in [5.74, 6) is -0.623. The van der Waals surface area contributed by atoms with Crippen molar-refractivity contribution in [2.45, 2.75) is 24.9 Å². The summed E-state index contributed by atoms with van der Waals surface area (Å²) in [5, 5.41) is 0. The lowest BCUT2D eigenvalue weighted by Crippen LogP contribution is -2.35. The number of H-pyrrole nitrogens is 1. The lowest BCUT2D eigenvalue weighted by Gasteiger charge is -2.22. The summed E-state index contributed by atoms with van der Waals surface area (Å²) in [6.45, 7) is -1.21. The number of alkyl halides is 1. The Bertz CT molecular complexity index is 946. The van der Waals surface area contributed by atoms with Crippen LogP contribution in [0, 0.1) is 12.3 Å². The van der Waals surface area contributed by atoms with Gasteiger partial charge in [0.15, 0.2) is 0 Å². The molecule has 2 rings (SSSR count). The lowest BCUT2D eigenvalue weighted by molar-refractivity contribution is -0.175. The fourth-order valence-electron chi connectivity index (χ4n) is 2.14. The summed E-state index contributed by atoms with van der Waals surface area (Å²) in [6, 6.07) is 0. The molecular weight excluding hydrogens is 401 g/mol. The van der Waals surface area contributed by atoms with Crippen LogP contribution in [0.2, 0.25) is 0 Å². The zero-order valence-electron chi connectivity index (χ0n) is 12.8. The van der Waals surface area contributed by atoms with Crippen LogP contribution in [-0.2, 0) is 22.7 Å². The van der Waals surface area contributed by atoms with Crippen molar-refractivity contribution in [2.24, 2.45) is 0 Å². The molecule has 1 saturated heterocycles. The van der Waals surface area contributed by atoms with E-state index >= 15 is 0 Å². The normalized spacial score (nSPS) is 25.6. The quantitative estimate of drug-likeness (QED) is 0.357. The smallest absolute Gasteiger partial charge is 0.320 e. The van der Waals surface area contributed by atoms with E-state index in [0.717, 1.165) is 10.8 Å². The van der Waals surface area contributed by atoms with Crippen molar-refractivity contribution in [3.63, 3.8) is 0 Å². The molecule has 1 aromatic heterocycles. The third kappa shape index (κ3) is 5.20. The van der Waals surface area contributed by atoms with E-state index < -0.39 is 52.0 Å². The molecule has 0 radical (unpaired) electrons. The Balaban J connectivity index is 2.11. The van der Waals surface area contributed by atoms with Crippen molar-refractivity contribution in [2.75, 3.05) is 6.61 Å². The van der Waals surface area contributed by atoms with Gasteiger partial charge in [0.25, 0.3) is 5.56 Å². The van der Waals surface area contributed by atoms with Crippen LogP contribution in [0.25, 0.3) is 0 Å². The number of aromatic amines is 1. The summed E-state index contributed by atoms with van der Waals surface area (Å²) in [6.07, 6.45) is 4.40. The monoisotopic (exact) mass is 414 g/mol. The molecule has 1 fully saturated rings. The highest BCUT2D eigenvalue weighted by molar-refractivity contribution is 7.60. The zero-order valence-corrected chi connectivity index (χ0v) is 14.6. The molecule has 1 aliphatic heterocycles. The number of phosphoric acid groups is 2. The standard InChI is InChI=1S/C11H13FN2O10P2/c1-2-7-5-14(10(16)13-9(7)15)8-3-4-11(12,23-8)6-22-26(20,21)24-25(17,18)19/h1,5,8H,3-4,6H2,(H,20,21)(H,13,15,16)(H2,17,18,19)/t8-,11+/m1/s1. The van der Waals surface area contributed by atoms with Crippen LogP contribution >= 0.6 is 15.6 Å². The number of rotatable bonds is 6. The molecule has 15 heteroatoms. The van der Waals surface area contributed by atoms with Gasteiger partial charge in [-0.15, -0.1) is 6.42 Å². The lowest BCUT2D eigenvalue weighted by atomic mass is 10.2. The number of terminal acetylenes is 1. The Kier molecular flexibility index (Phi) is 5.72. The molecule has 0 amide bonds. The summed E-state index contributed by atoms with van der Waals surface area (Å²) in [7, 11) is -10.6. The third-order valence-corrected chi connectivity index (χ3v) is 5.33. The summed E-state index contributed by atoms with van der Waals surface area (Å²) in [5.41, 5.74) is -1.92. The molecule has 1 aromatic rings. The van der Waals surface area contributed by atoms with E-state index in [-0.39, 0.29) is 12.0 Å². The fourth-order valence-corrected chi connectivity index (χ4v) is 3.76. The highest BCUT2D eigenvalue weighted by atomic mass is 31.3. The van der Waals surface area contributed by atoms with E-state index in [1.54, 1.807) is 0 Å². The van der Waals surface area contributed by atoms with Crippen LogP contribution in [0.15, 0.2) is 15.8 Å². The highest BCUT2D eigenvalue weighted by Crippen LogP contribution is 2.58. The Morgan fingerprint density at radius 3 is 2.69 bits per heavy atom. The van der Waals surface area contributed by atoms with Gasteiger partial charge in [0.2, 0.25) is 5.85 Å². The van der Waals surface area contributed by atoms with Gasteiger partial charge in [0.1, 0.15) is 18.4 Å². The van der Waals surface area contributed by atoms with Crippen LogP contribution in [0.3, 0.4) is 0 Å². The second-order valence-corrected chi connectivity index (χ2v) is 7.99. The largest absolute Gasteiger partial charge is 0.481 e. The van der Waals surface area contributed by atoms with Gasteiger partial charge in [-0.25, -0.2) is 18.3 Å². The summed E-state index contributed by atoms with van der Waals surface area (Å²) < 4.78 is 49.9. The van der Waals surface area contributed by atoms with Gasteiger partial charge in [0, 0.05) is 12.6 Å². The van der Waals surface area contributed by atoms with Gasteiger partial charge in [0.05, 0.1) is 0 Å². The zero-order chi connectivity index (χ0) is 19.8. The Hall–Kier alpha value is -1.61. The Morgan fingerprint density at radius 2 is 2.12 bits per heavy atom. The first-order valence-electron chi connectivity index (χ1n) is 6.77. The van der Waals surface area contributed by atoms with E-state index in [0.29, 0.717) is 0 Å². The molecule has 2 heterocycles. The van der Waals surface area contributed by atoms with Crippen LogP contribution in [0.5, 0.6) is 0 Å². The first-order chi connectivity index (χ1) is 11.8. The number of ether oxygens (including phenoxy) is 1.